The predicted octanol–water partition coefficient (Wildman–Crippen LogP) is 4.29. The highest BCUT2D eigenvalue weighted by Crippen LogP contribution is 2.36. The number of aromatic nitrogens is 1. The Hall–Kier alpha value is -4.61. The number of rotatable bonds is 3. The summed E-state index contributed by atoms with van der Waals surface area (Å²) >= 11 is 0. The van der Waals surface area contributed by atoms with E-state index in [1.807, 2.05) is 74.5 Å². The Morgan fingerprint density at radius 3 is 2.42 bits per heavy atom. The third-order valence-electron chi connectivity index (χ3n) is 10.2. The molecule has 0 aliphatic carbocycles. The lowest BCUT2D eigenvalue weighted by Gasteiger charge is -2.40. The van der Waals surface area contributed by atoms with Crippen molar-refractivity contribution in [2.75, 3.05) is 19.6 Å². The molecule has 2 aromatic carbocycles. The maximum absolute atomic E-state index is 14.4. The van der Waals surface area contributed by atoms with Gasteiger partial charge in [-0.1, -0.05) is 74.5 Å². The largest absolute Gasteiger partial charge is 0.455 e. The predicted molar refractivity (Wildman–Crippen MR) is 191 cm³/mol. The van der Waals surface area contributed by atoms with Crippen molar-refractivity contribution in [2.24, 2.45) is 11.3 Å². The van der Waals surface area contributed by atoms with Crippen LogP contribution in [-0.4, -0.2) is 76.3 Å². The van der Waals surface area contributed by atoms with E-state index in [9.17, 15) is 19.2 Å². The number of ether oxygens (including phenoxy) is 1. The molecule has 264 valence electrons. The Morgan fingerprint density at radius 2 is 1.68 bits per heavy atom. The summed E-state index contributed by atoms with van der Waals surface area (Å²) in [6.45, 7) is 9.75. The van der Waals surface area contributed by atoms with Crippen LogP contribution in [0.15, 0.2) is 66.7 Å². The van der Waals surface area contributed by atoms with Gasteiger partial charge in [-0.2, -0.15) is 0 Å². The topological polar surface area (TPSA) is 133 Å². The maximum Gasteiger partial charge on any atom is 0.325 e. The SMILES string of the molecule is CC(C)[C@@H]1NC(=O)C2(/C=C/c3ccc4ccc(nc4c3)[C@@H](C)OC(=O)[C@@H]3CCCN(N3)C(=O)[C@H](C)NC1=O)CCN(Cc1ccccc1)CC2. The summed E-state index contributed by atoms with van der Waals surface area (Å²) in [6, 6.07) is 17.6. The number of carbonyl (C=O) groups excluding carboxylic acids is 4. The van der Waals surface area contributed by atoms with E-state index in [4.69, 9.17) is 9.72 Å². The highest BCUT2D eigenvalue weighted by atomic mass is 16.5. The van der Waals surface area contributed by atoms with Gasteiger partial charge >= 0.3 is 5.97 Å². The van der Waals surface area contributed by atoms with Crippen molar-refractivity contribution in [3.8, 4) is 0 Å². The van der Waals surface area contributed by atoms with Gasteiger partial charge in [0.2, 0.25) is 11.8 Å². The van der Waals surface area contributed by atoms with Gasteiger partial charge in [-0.25, -0.2) is 10.4 Å². The van der Waals surface area contributed by atoms with E-state index in [1.165, 1.54) is 10.6 Å². The van der Waals surface area contributed by atoms with Crippen LogP contribution in [0.3, 0.4) is 0 Å². The number of carbonyl (C=O) groups is 4. The number of fused-ring (bicyclic) bond motifs is 4. The molecule has 3 aromatic rings. The molecule has 4 atom stereocenters. The summed E-state index contributed by atoms with van der Waals surface area (Å²) in [5, 5.41) is 8.24. The third kappa shape index (κ3) is 7.89. The first-order chi connectivity index (χ1) is 24.0. The Balaban J connectivity index is 1.34. The fourth-order valence-corrected chi connectivity index (χ4v) is 7.01. The standard InChI is InChI=1S/C39H48N6O5/c1-25(2)34-35(46)40-26(3)36(47)45-20-8-11-32(43-45)37(48)50-27(4)31-15-14-30-13-12-28(23-33(30)41-31)16-17-39(38(49)42-34)18-21-44(22-19-39)24-29-9-6-5-7-10-29/h5-7,9-10,12-17,23,25-27,32,34,43H,8,11,18-22,24H2,1-4H3,(H,40,46)(H,42,49)/b17-16+/t26-,27+,32-,34-/m0/s1. The van der Waals surface area contributed by atoms with Gasteiger partial charge < -0.3 is 15.4 Å². The van der Waals surface area contributed by atoms with Gasteiger partial charge in [0, 0.05) is 18.5 Å². The summed E-state index contributed by atoms with van der Waals surface area (Å²) < 4.78 is 5.84. The molecule has 1 aromatic heterocycles. The molecule has 0 unspecified atom stereocenters. The molecule has 2 fully saturated rings. The summed E-state index contributed by atoms with van der Waals surface area (Å²) in [4.78, 5) is 62.0. The van der Waals surface area contributed by atoms with Crippen LogP contribution in [0.5, 0.6) is 0 Å². The molecule has 3 amide bonds. The third-order valence-corrected chi connectivity index (χ3v) is 10.2. The van der Waals surface area contributed by atoms with Gasteiger partial charge in [0.15, 0.2) is 0 Å². The maximum atomic E-state index is 14.4. The summed E-state index contributed by atoms with van der Waals surface area (Å²) in [5.41, 5.74) is 5.61. The van der Waals surface area contributed by atoms with Gasteiger partial charge in [0.25, 0.3) is 5.91 Å². The normalized spacial score (nSPS) is 26.1. The number of likely N-dealkylation sites (tertiary alicyclic amines) is 1. The van der Waals surface area contributed by atoms with Crippen LogP contribution in [0, 0.1) is 11.3 Å². The lowest BCUT2D eigenvalue weighted by molar-refractivity contribution is -0.157. The number of nitrogens with zero attached hydrogens (tertiary/aromatic N) is 3. The van der Waals surface area contributed by atoms with Crippen molar-refractivity contribution < 1.29 is 23.9 Å². The summed E-state index contributed by atoms with van der Waals surface area (Å²) in [5.74, 6) is -1.73. The Bertz CT molecular complexity index is 1750. The quantitative estimate of drug-likeness (QED) is 0.349. The molecule has 6 rings (SSSR count). The summed E-state index contributed by atoms with van der Waals surface area (Å²) in [7, 11) is 0. The number of hydrogen-bond acceptors (Lipinski definition) is 8. The number of hydrogen-bond donors (Lipinski definition) is 3. The zero-order valence-corrected chi connectivity index (χ0v) is 29.4. The van der Waals surface area contributed by atoms with Crippen molar-refractivity contribution >= 4 is 40.7 Å². The first kappa shape index (κ1) is 35.2. The monoisotopic (exact) mass is 680 g/mol. The molecule has 11 heteroatoms. The van der Waals surface area contributed by atoms with Crippen LogP contribution in [0.25, 0.3) is 17.0 Å². The van der Waals surface area contributed by atoms with Gasteiger partial charge in [0.05, 0.1) is 16.6 Å². The minimum absolute atomic E-state index is 0.210. The van der Waals surface area contributed by atoms with Crippen molar-refractivity contribution in [3.05, 3.63) is 83.6 Å². The molecular formula is C39H48N6O5. The van der Waals surface area contributed by atoms with Crippen LogP contribution >= 0.6 is 0 Å². The second-order valence-electron chi connectivity index (χ2n) is 14.3. The van der Waals surface area contributed by atoms with Crippen molar-refractivity contribution in [1.82, 2.24) is 31.0 Å². The molecule has 1 spiro atoms. The van der Waals surface area contributed by atoms with E-state index in [-0.39, 0.29) is 17.7 Å². The molecule has 3 N–H and O–H groups in total. The number of piperidine rings is 1. The van der Waals surface area contributed by atoms with Gasteiger partial charge in [-0.3, -0.25) is 29.1 Å². The number of benzene rings is 2. The second kappa shape index (κ2) is 15.1. The van der Waals surface area contributed by atoms with E-state index in [0.717, 1.165) is 23.0 Å². The Labute approximate surface area is 293 Å². The lowest BCUT2D eigenvalue weighted by Crippen LogP contribution is -2.61. The highest BCUT2D eigenvalue weighted by Gasteiger charge is 2.42. The van der Waals surface area contributed by atoms with Gasteiger partial charge in [0.1, 0.15) is 24.2 Å². The average Bonchev–Trinajstić information content (AvgIpc) is 3.12. The minimum Gasteiger partial charge on any atom is -0.455 e. The van der Waals surface area contributed by atoms with E-state index in [1.54, 1.807) is 13.8 Å². The molecule has 11 nitrogen and oxygen atoms in total. The van der Waals surface area contributed by atoms with Crippen molar-refractivity contribution in [3.63, 3.8) is 0 Å². The van der Waals surface area contributed by atoms with Crippen LogP contribution in [0.2, 0.25) is 0 Å². The summed E-state index contributed by atoms with van der Waals surface area (Å²) in [6.07, 6.45) is 5.58. The molecule has 3 aliphatic rings. The number of nitrogens with one attached hydrogen (secondary N) is 3. The first-order valence-electron chi connectivity index (χ1n) is 17.8. The molecule has 0 saturated carbocycles. The molecule has 5 bridgehead atoms. The zero-order chi connectivity index (χ0) is 35.4. The molecule has 50 heavy (non-hydrogen) atoms. The van der Waals surface area contributed by atoms with Gasteiger partial charge in [-0.05, 0) is 81.8 Å². The smallest absolute Gasteiger partial charge is 0.325 e. The fraction of sp³-hybridized carbons (Fsp3) is 0.462. The van der Waals surface area contributed by atoms with Crippen LogP contribution in [0.1, 0.15) is 76.3 Å². The fourth-order valence-electron chi connectivity index (χ4n) is 7.01. The van der Waals surface area contributed by atoms with Gasteiger partial charge in [-0.15, -0.1) is 0 Å². The zero-order valence-electron chi connectivity index (χ0n) is 29.4. The van der Waals surface area contributed by atoms with E-state index in [0.29, 0.717) is 51.0 Å². The van der Waals surface area contributed by atoms with Crippen molar-refractivity contribution in [2.45, 2.75) is 84.2 Å². The number of amides is 3. The Morgan fingerprint density at radius 1 is 0.940 bits per heavy atom. The van der Waals surface area contributed by atoms with E-state index >= 15 is 0 Å². The molecule has 4 heterocycles. The number of pyridine rings is 1. The van der Waals surface area contributed by atoms with E-state index < -0.39 is 41.5 Å². The van der Waals surface area contributed by atoms with Crippen LogP contribution in [0.4, 0.5) is 0 Å². The minimum atomic E-state index is -0.895. The Kier molecular flexibility index (Phi) is 10.6. The molecule has 3 aliphatic heterocycles. The number of hydrazine groups is 1. The molecule has 2 saturated heterocycles. The molecule has 0 radical (unpaired) electrons. The van der Waals surface area contributed by atoms with E-state index in [2.05, 4.69) is 33.1 Å². The van der Waals surface area contributed by atoms with Crippen LogP contribution < -0.4 is 16.1 Å². The lowest BCUT2D eigenvalue weighted by atomic mass is 9.76. The highest BCUT2D eigenvalue weighted by molar-refractivity contribution is 5.94. The first-order valence-corrected chi connectivity index (χ1v) is 17.8. The average molecular weight is 681 g/mol. The van der Waals surface area contributed by atoms with Crippen molar-refractivity contribution in [1.29, 1.82) is 0 Å². The molecular weight excluding hydrogens is 632 g/mol. The number of esters is 1. The number of cyclic esters (lactones) is 1. The van der Waals surface area contributed by atoms with Crippen LogP contribution in [-0.2, 0) is 30.5 Å². The second-order valence-corrected chi connectivity index (χ2v) is 14.3.